The average molecular weight is 467 g/mol. The molecule has 1 unspecified atom stereocenters. The second-order valence-corrected chi connectivity index (χ2v) is 8.31. The molecule has 0 aliphatic carbocycles. The summed E-state index contributed by atoms with van der Waals surface area (Å²) in [6, 6.07) is 20.3. The van der Waals surface area contributed by atoms with Crippen molar-refractivity contribution >= 4 is 29.2 Å². The quantitative estimate of drug-likeness (QED) is 0.566. The Hall–Kier alpha value is -3.29. The zero-order valence-electron chi connectivity index (χ0n) is 18.5. The number of hydrogen-bond acceptors (Lipinski definition) is 3. The number of ether oxygens (including phenoxy) is 1. The Morgan fingerprint density at radius 2 is 1.82 bits per heavy atom. The fourth-order valence-corrected chi connectivity index (χ4v) is 4.21. The molecule has 0 radical (unpaired) electrons. The minimum atomic E-state index is -0.362. The Morgan fingerprint density at radius 1 is 1.06 bits per heavy atom. The van der Waals surface area contributed by atoms with Crippen LogP contribution in [-0.4, -0.2) is 59.7 Å². The first-order chi connectivity index (χ1) is 16.1. The van der Waals surface area contributed by atoms with Crippen molar-refractivity contribution in [2.45, 2.75) is 12.6 Å². The third-order valence-corrected chi connectivity index (χ3v) is 6.00. The summed E-state index contributed by atoms with van der Waals surface area (Å²) in [5, 5.41) is 3.42. The molecule has 0 spiro atoms. The van der Waals surface area contributed by atoms with E-state index >= 15 is 0 Å². The number of hydrogen-bond donors (Lipinski definition) is 1. The number of benzene rings is 2. The molecule has 0 saturated carbocycles. The molecule has 1 aliphatic heterocycles. The first-order valence-electron chi connectivity index (χ1n) is 10.9. The SMILES string of the molecule is COCCN(CC(=O)N1CCn2cccc2C1c1ccccc1)C(=O)Nc1ccc(Cl)cc1. The van der Waals surface area contributed by atoms with Gasteiger partial charge in [-0.05, 0) is 42.0 Å². The van der Waals surface area contributed by atoms with E-state index in [0.29, 0.717) is 37.0 Å². The summed E-state index contributed by atoms with van der Waals surface area (Å²) in [6.07, 6.45) is 2.04. The second-order valence-electron chi connectivity index (χ2n) is 7.88. The number of amides is 3. The van der Waals surface area contributed by atoms with E-state index in [4.69, 9.17) is 16.3 Å². The van der Waals surface area contributed by atoms with Crippen LogP contribution in [0, 0.1) is 0 Å². The number of halogens is 1. The molecule has 7 nitrogen and oxygen atoms in total. The van der Waals surface area contributed by atoms with Crippen LogP contribution in [0.4, 0.5) is 10.5 Å². The van der Waals surface area contributed by atoms with E-state index in [1.165, 1.54) is 4.90 Å². The van der Waals surface area contributed by atoms with Crippen molar-refractivity contribution in [2.75, 3.05) is 38.7 Å². The number of urea groups is 1. The van der Waals surface area contributed by atoms with Crippen LogP contribution in [-0.2, 0) is 16.1 Å². The van der Waals surface area contributed by atoms with E-state index in [2.05, 4.69) is 9.88 Å². The van der Waals surface area contributed by atoms with Crippen LogP contribution >= 0.6 is 11.6 Å². The van der Waals surface area contributed by atoms with Crippen LogP contribution in [0.5, 0.6) is 0 Å². The Morgan fingerprint density at radius 3 is 2.55 bits per heavy atom. The number of nitrogens with zero attached hydrogens (tertiary/aromatic N) is 3. The molecule has 1 atom stereocenters. The predicted molar refractivity (Wildman–Crippen MR) is 128 cm³/mol. The maximum Gasteiger partial charge on any atom is 0.322 e. The number of aromatic nitrogens is 1. The van der Waals surface area contributed by atoms with Crippen molar-refractivity contribution in [1.82, 2.24) is 14.4 Å². The van der Waals surface area contributed by atoms with Crippen molar-refractivity contribution in [3.05, 3.63) is 89.2 Å². The maximum atomic E-state index is 13.5. The first kappa shape index (κ1) is 22.9. The summed E-state index contributed by atoms with van der Waals surface area (Å²) in [7, 11) is 1.57. The third-order valence-electron chi connectivity index (χ3n) is 5.75. The van der Waals surface area contributed by atoms with Crippen LogP contribution in [0.2, 0.25) is 5.02 Å². The zero-order valence-corrected chi connectivity index (χ0v) is 19.2. The lowest BCUT2D eigenvalue weighted by Gasteiger charge is -2.38. The highest BCUT2D eigenvalue weighted by atomic mass is 35.5. The molecule has 0 saturated heterocycles. The fraction of sp³-hybridized carbons (Fsp3) is 0.280. The van der Waals surface area contributed by atoms with E-state index in [0.717, 1.165) is 11.3 Å². The van der Waals surface area contributed by atoms with Gasteiger partial charge in [0.15, 0.2) is 0 Å². The standard InChI is InChI=1S/C25H27ClN4O3/c1-33-17-16-29(25(32)27-21-11-9-20(26)10-12-21)18-23(31)30-15-14-28-13-5-8-22(28)24(30)19-6-3-2-4-7-19/h2-13,24H,14-18H2,1H3,(H,27,32). The summed E-state index contributed by atoms with van der Waals surface area (Å²) in [5.41, 5.74) is 2.71. The normalized spacial score (nSPS) is 15.1. The van der Waals surface area contributed by atoms with E-state index in [1.54, 1.807) is 31.4 Å². The lowest BCUT2D eigenvalue weighted by Crippen LogP contribution is -2.49. The smallest absolute Gasteiger partial charge is 0.322 e. The number of fused-ring (bicyclic) bond motifs is 1. The van der Waals surface area contributed by atoms with Crippen molar-refractivity contribution in [2.24, 2.45) is 0 Å². The van der Waals surface area contributed by atoms with Crippen molar-refractivity contribution in [3.63, 3.8) is 0 Å². The molecule has 1 N–H and O–H groups in total. The van der Waals surface area contributed by atoms with E-state index in [-0.39, 0.29) is 24.5 Å². The van der Waals surface area contributed by atoms with Crippen molar-refractivity contribution in [3.8, 4) is 0 Å². The first-order valence-corrected chi connectivity index (χ1v) is 11.2. The van der Waals surface area contributed by atoms with Crippen LogP contribution in [0.15, 0.2) is 72.9 Å². The van der Waals surface area contributed by atoms with Gasteiger partial charge < -0.3 is 24.4 Å². The van der Waals surface area contributed by atoms with Crippen LogP contribution in [0.25, 0.3) is 0 Å². The highest BCUT2D eigenvalue weighted by Crippen LogP contribution is 2.32. The topological polar surface area (TPSA) is 66.8 Å². The van der Waals surface area contributed by atoms with Crippen LogP contribution in [0.3, 0.4) is 0 Å². The van der Waals surface area contributed by atoms with Gasteiger partial charge in [0.2, 0.25) is 5.91 Å². The molecule has 0 bridgehead atoms. The summed E-state index contributed by atoms with van der Waals surface area (Å²) in [5.74, 6) is -0.112. The molecule has 172 valence electrons. The van der Waals surface area contributed by atoms with Gasteiger partial charge in [-0.3, -0.25) is 4.79 Å². The molecule has 1 aliphatic rings. The molecule has 0 fully saturated rings. The summed E-state index contributed by atoms with van der Waals surface area (Å²) < 4.78 is 7.35. The highest BCUT2D eigenvalue weighted by Gasteiger charge is 2.33. The molecule has 8 heteroatoms. The van der Waals surface area contributed by atoms with E-state index < -0.39 is 0 Å². The van der Waals surface area contributed by atoms with Gasteiger partial charge in [-0.1, -0.05) is 41.9 Å². The molecular formula is C25H27ClN4O3. The monoisotopic (exact) mass is 466 g/mol. The largest absolute Gasteiger partial charge is 0.383 e. The summed E-state index contributed by atoms with van der Waals surface area (Å²) in [4.78, 5) is 29.9. The Labute approximate surface area is 198 Å². The van der Waals surface area contributed by atoms with E-state index in [1.807, 2.05) is 53.6 Å². The van der Waals surface area contributed by atoms with Crippen molar-refractivity contribution < 1.29 is 14.3 Å². The minimum Gasteiger partial charge on any atom is -0.383 e. The summed E-state index contributed by atoms with van der Waals surface area (Å²) in [6.45, 7) is 1.85. The fourth-order valence-electron chi connectivity index (χ4n) is 4.08. The zero-order chi connectivity index (χ0) is 23.2. The Bertz CT molecular complexity index is 1080. The third kappa shape index (κ3) is 5.38. The van der Waals surface area contributed by atoms with Gasteiger partial charge in [-0.2, -0.15) is 0 Å². The molecule has 1 aromatic heterocycles. The molecule has 4 rings (SSSR count). The number of nitrogens with one attached hydrogen (secondary N) is 1. The van der Waals surface area contributed by atoms with Gasteiger partial charge in [0.25, 0.3) is 0 Å². The van der Waals surface area contributed by atoms with Gasteiger partial charge in [0.05, 0.1) is 12.6 Å². The molecular weight excluding hydrogens is 440 g/mol. The molecule has 2 aromatic carbocycles. The van der Waals surface area contributed by atoms with Gasteiger partial charge in [-0.25, -0.2) is 4.79 Å². The Kier molecular flexibility index (Phi) is 7.32. The van der Waals surface area contributed by atoms with E-state index in [9.17, 15) is 9.59 Å². The summed E-state index contributed by atoms with van der Waals surface area (Å²) >= 11 is 5.93. The molecule has 3 aromatic rings. The number of methoxy groups -OCH3 is 1. The lowest BCUT2D eigenvalue weighted by molar-refractivity contribution is -0.134. The van der Waals surface area contributed by atoms with Gasteiger partial charge in [0.1, 0.15) is 6.54 Å². The number of carbonyl (C=O) groups excluding carboxylic acids is 2. The lowest BCUT2D eigenvalue weighted by atomic mass is 10.00. The average Bonchev–Trinajstić information content (AvgIpc) is 3.32. The molecule has 3 amide bonds. The second kappa shape index (κ2) is 10.6. The van der Waals surface area contributed by atoms with Crippen LogP contribution in [0.1, 0.15) is 17.3 Å². The van der Waals surface area contributed by atoms with Gasteiger partial charge in [-0.15, -0.1) is 0 Å². The number of anilines is 1. The highest BCUT2D eigenvalue weighted by molar-refractivity contribution is 6.30. The maximum absolute atomic E-state index is 13.5. The molecule has 2 heterocycles. The predicted octanol–water partition coefficient (Wildman–Crippen LogP) is 4.25. The number of carbonyl (C=O) groups is 2. The molecule has 33 heavy (non-hydrogen) atoms. The Balaban J connectivity index is 1.53. The van der Waals surface area contributed by atoms with Crippen LogP contribution < -0.4 is 5.32 Å². The number of rotatable bonds is 7. The van der Waals surface area contributed by atoms with Crippen molar-refractivity contribution in [1.29, 1.82) is 0 Å². The van der Waals surface area contributed by atoms with Gasteiger partial charge in [0, 0.05) is 49.3 Å². The minimum absolute atomic E-state index is 0.0488. The van der Waals surface area contributed by atoms with Gasteiger partial charge >= 0.3 is 6.03 Å².